The van der Waals surface area contributed by atoms with Gasteiger partial charge in [0.2, 0.25) is 11.8 Å². The maximum atomic E-state index is 13.9. The molecule has 0 aromatic heterocycles. The number of amides is 4. The Morgan fingerprint density at radius 2 is 1.88 bits per heavy atom. The topological polar surface area (TPSA) is 95.6 Å². The van der Waals surface area contributed by atoms with Crippen LogP contribution in [0.5, 0.6) is 0 Å². The third-order valence-corrected chi connectivity index (χ3v) is 6.83. The fraction of sp³-hybridized carbons (Fsp3) is 0.500. The lowest BCUT2D eigenvalue weighted by Crippen LogP contribution is -2.52. The van der Waals surface area contributed by atoms with Crippen LogP contribution in [0.1, 0.15) is 51.5 Å². The minimum Gasteiger partial charge on any atom is -0.353 e. The summed E-state index contributed by atoms with van der Waals surface area (Å²) in [4.78, 5) is 51.3. The van der Waals surface area contributed by atoms with Crippen molar-refractivity contribution in [2.45, 2.75) is 52.0 Å². The second-order valence-corrected chi connectivity index (χ2v) is 9.70. The maximum Gasteiger partial charge on any atom is 0.293 e. The Labute approximate surface area is 197 Å². The number of hydrogen-bond donors (Lipinski definition) is 2. The summed E-state index contributed by atoms with van der Waals surface area (Å²) >= 11 is 0.742. The van der Waals surface area contributed by atoms with Crippen molar-refractivity contribution in [3.8, 4) is 0 Å². The first-order valence-corrected chi connectivity index (χ1v) is 12.2. The van der Waals surface area contributed by atoms with Gasteiger partial charge < -0.3 is 10.6 Å². The summed E-state index contributed by atoms with van der Waals surface area (Å²) in [5.74, 6) is -1.60. The zero-order chi connectivity index (χ0) is 24.0. The van der Waals surface area contributed by atoms with Crippen LogP contribution in [-0.4, -0.2) is 47.0 Å². The maximum absolute atomic E-state index is 13.9. The molecule has 33 heavy (non-hydrogen) atoms. The second kappa shape index (κ2) is 11.4. The average molecular weight is 476 g/mol. The number of nitrogens with zero attached hydrogens (tertiary/aromatic N) is 1. The van der Waals surface area contributed by atoms with Gasteiger partial charge in [-0.15, -0.1) is 0 Å². The predicted octanol–water partition coefficient (Wildman–Crippen LogP) is 3.70. The number of halogens is 1. The average Bonchev–Trinajstić information content (AvgIpc) is 3.06. The van der Waals surface area contributed by atoms with Crippen molar-refractivity contribution >= 4 is 40.8 Å². The molecule has 1 aliphatic carbocycles. The monoisotopic (exact) mass is 475 g/mol. The highest BCUT2D eigenvalue weighted by molar-refractivity contribution is 8.18. The van der Waals surface area contributed by atoms with Crippen LogP contribution in [0.4, 0.5) is 9.18 Å². The summed E-state index contributed by atoms with van der Waals surface area (Å²) in [6, 6.07) is 5.31. The molecule has 0 spiro atoms. The highest BCUT2D eigenvalue weighted by Gasteiger charge is 2.35. The van der Waals surface area contributed by atoms with E-state index in [2.05, 4.69) is 10.6 Å². The molecular weight excluding hydrogens is 445 g/mol. The lowest BCUT2D eigenvalue weighted by molar-refractivity contribution is -0.132. The third kappa shape index (κ3) is 6.43. The van der Waals surface area contributed by atoms with Gasteiger partial charge in [0.15, 0.2) is 0 Å². The van der Waals surface area contributed by atoms with E-state index in [0.29, 0.717) is 0 Å². The van der Waals surface area contributed by atoms with Crippen molar-refractivity contribution in [3.05, 3.63) is 40.6 Å². The van der Waals surface area contributed by atoms with Crippen LogP contribution in [0.15, 0.2) is 29.2 Å². The molecule has 178 valence electrons. The van der Waals surface area contributed by atoms with Crippen molar-refractivity contribution in [2.24, 2.45) is 11.8 Å². The highest BCUT2D eigenvalue weighted by atomic mass is 32.2. The Bertz CT molecular complexity index is 943. The van der Waals surface area contributed by atoms with E-state index in [1.807, 2.05) is 13.8 Å². The van der Waals surface area contributed by atoms with Crippen LogP contribution in [0, 0.1) is 17.7 Å². The van der Waals surface area contributed by atoms with E-state index in [1.54, 1.807) is 12.1 Å². The van der Waals surface area contributed by atoms with E-state index in [4.69, 9.17) is 0 Å². The Kier molecular flexibility index (Phi) is 8.66. The number of carbonyl (C=O) groups excluding carboxylic acids is 4. The SMILES string of the molecule is CC(C)C(NC(=O)C1CCCCC1)C(=O)NCCN1C(=O)S/C(=C\c2ccccc2F)C1=O. The first-order chi connectivity index (χ1) is 15.8. The molecule has 1 aromatic rings. The van der Waals surface area contributed by atoms with Crippen LogP contribution < -0.4 is 10.6 Å². The molecule has 2 aliphatic rings. The number of thioether (sulfide) groups is 1. The molecule has 7 nitrogen and oxygen atoms in total. The van der Waals surface area contributed by atoms with Gasteiger partial charge in [-0.05, 0) is 42.7 Å². The van der Waals surface area contributed by atoms with Crippen molar-refractivity contribution in [3.63, 3.8) is 0 Å². The lowest BCUT2D eigenvalue weighted by atomic mass is 9.88. The van der Waals surface area contributed by atoms with E-state index in [9.17, 15) is 23.6 Å². The highest BCUT2D eigenvalue weighted by Crippen LogP contribution is 2.32. The number of carbonyl (C=O) groups is 4. The lowest BCUT2D eigenvalue weighted by Gasteiger charge is -2.26. The minimum atomic E-state index is -0.685. The molecule has 1 aliphatic heterocycles. The van der Waals surface area contributed by atoms with Gasteiger partial charge in [0.1, 0.15) is 11.9 Å². The second-order valence-electron chi connectivity index (χ2n) is 8.71. The zero-order valence-corrected chi connectivity index (χ0v) is 19.8. The van der Waals surface area contributed by atoms with E-state index in [-0.39, 0.29) is 47.2 Å². The molecule has 9 heteroatoms. The molecule has 1 aromatic carbocycles. The van der Waals surface area contributed by atoms with Gasteiger partial charge in [-0.25, -0.2) is 4.39 Å². The quantitative estimate of drug-likeness (QED) is 0.559. The smallest absolute Gasteiger partial charge is 0.293 e. The summed E-state index contributed by atoms with van der Waals surface area (Å²) < 4.78 is 13.9. The van der Waals surface area contributed by atoms with Crippen LogP contribution in [0.2, 0.25) is 0 Å². The molecule has 0 radical (unpaired) electrons. The van der Waals surface area contributed by atoms with E-state index in [0.717, 1.165) is 48.8 Å². The van der Waals surface area contributed by atoms with Crippen LogP contribution in [-0.2, 0) is 14.4 Å². The molecule has 1 unspecified atom stereocenters. The summed E-state index contributed by atoms with van der Waals surface area (Å²) in [5, 5.41) is 5.13. The van der Waals surface area contributed by atoms with Gasteiger partial charge in [-0.1, -0.05) is 51.3 Å². The van der Waals surface area contributed by atoms with Crippen molar-refractivity contribution in [1.82, 2.24) is 15.5 Å². The normalized spacial score (nSPS) is 19.3. The summed E-state index contributed by atoms with van der Waals surface area (Å²) in [6.07, 6.45) is 6.24. The Balaban J connectivity index is 1.54. The Morgan fingerprint density at radius 1 is 1.18 bits per heavy atom. The fourth-order valence-corrected chi connectivity index (χ4v) is 4.85. The molecule has 1 heterocycles. The minimum absolute atomic E-state index is 0.00753. The molecular formula is C24H30FN3O4S. The molecule has 4 amide bonds. The van der Waals surface area contributed by atoms with E-state index >= 15 is 0 Å². The number of benzene rings is 1. The summed E-state index contributed by atoms with van der Waals surface area (Å²) in [7, 11) is 0. The van der Waals surface area contributed by atoms with Crippen molar-refractivity contribution < 1.29 is 23.6 Å². The molecule has 2 N–H and O–H groups in total. The molecule has 1 saturated carbocycles. The van der Waals surface area contributed by atoms with Gasteiger partial charge in [0.25, 0.3) is 11.1 Å². The first-order valence-electron chi connectivity index (χ1n) is 11.4. The predicted molar refractivity (Wildman–Crippen MR) is 125 cm³/mol. The van der Waals surface area contributed by atoms with Crippen LogP contribution >= 0.6 is 11.8 Å². The molecule has 1 atom stereocenters. The Hall–Kier alpha value is -2.68. The van der Waals surface area contributed by atoms with Crippen molar-refractivity contribution in [1.29, 1.82) is 0 Å². The van der Waals surface area contributed by atoms with Crippen LogP contribution in [0.3, 0.4) is 0 Å². The number of hydrogen-bond acceptors (Lipinski definition) is 5. The van der Waals surface area contributed by atoms with Gasteiger partial charge in [-0.3, -0.25) is 24.1 Å². The number of nitrogens with one attached hydrogen (secondary N) is 2. The summed E-state index contributed by atoms with van der Waals surface area (Å²) in [6.45, 7) is 3.77. The van der Waals surface area contributed by atoms with Gasteiger partial charge in [0.05, 0.1) is 4.91 Å². The first kappa shape index (κ1) is 25.0. The van der Waals surface area contributed by atoms with Crippen molar-refractivity contribution in [2.75, 3.05) is 13.1 Å². The van der Waals surface area contributed by atoms with E-state index in [1.165, 1.54) is 18.2 Å². The standard InChI is InChI=1S/C24H30FN3O4S/c1-15(2)20(27-21(29)16-8-4-3-5-9-16)22(30)26-12-13-28-23(31)19(33-24(28)32)14-17-10-6-7-11-18(17)25/h6-7,10-11,14-16,20H,3-5,8-9,12-13H2,1-2H3,(H,26,30)(H,27,29)/b19-14-. The summed E-state index contributed by atoms with van der Waals surface area (Å²) in [5.41, 5.74) is 0.227. The van der Waals surface area contributed by atoms with Crippen LogP contribution in [0.25, 0.3) is 6.08 Å². The molecule has 1 saturated heterocycles. The molecule has 2 fully saturated rings. The van der Waals surface area contributed by atoms with Gasteiger partial charge in [-0.2, -0.15) is 0 Å². The Morgan fingerprint density at radius 3 is 2.55 bits per heavy atom. The largest absolute Gasteiger partial charge is 0.353 e. The van der Waals surface area contributed by atoms with E-state index < -0.39 is 23.0 Å². The van der Waals surface area contributed by atoms with Gasteiger partial charge in [0, 0.05) is 24.6 Å². The number of rotatable bonds is 8. The third-order valence-electron chi connectivity index (χ3n) is 5.92. The number of imide groups is 1. The molecule has 0 bridgehead atoms. The fourth-order valence-electron chi connectivity index (χ4n) is 4.00. The zero-order valence-electron chi connectivity index (χ0n) is 18.9. The van der Waals surface area contributed by atoms with Gasteiger partial charge >= 0.3 is 0 Å². The molecule has 3 rings (SSSR count).